The van der Waals surface area contributed by atoms with Gasteiger partial charge < -0.3 is 14.7 Å². The Morgan fingerprint density at radius 2 is 1.93 bits per heavy atom. The number of phenolic OH excluding ortho intramolecular Hbond substituents is 1. The third kappa shape index (κ3) is 3.98. The van der Waals surface area contributed by atoms with E-state index in [0.29, 0.717) is 6.54 Å². The average Bonchev–Trinajstić information content (AvgIpc) is 3.06. The number of benzene rings is 2. The van der Waals surface area contributed by atoms with Crippen LogP contribution in [0.15, 0.2) is 36.4 Å². The molecule has 0 aromatic heterocycles. The van der Waals surface area contributed by atoms with E-state index < -0.39 is 17.6 Å². The summed E-state index contributed by atoms with van der Waals surface area (Å²) in [4.78, 5) is 25.2. The minimum Gasteiger partial charge on any atom is -0.507 e. The first-order valence-corrected chi connectivity index (χ1v) is 8.94. The molecule has 2 atom stereocenters. The summed E-state index contributed by atoms with van der Waals surface area (Å²) in [7, 11) is 0. The fourth-order valence-electron chi connectivity index (χ4n) is 3.64. The van der Waals surface area contributed by atoms with Crippen LogP contribution in [0, 0.1) is 17.6 Å². The van der Waals surface area contributed by atoms with Crippen LogP contribution >= 0.6 is 0 Å². The molecule has 1 heterocycles. The van der Waals surface area contributed by atoms with E-state index in [1.165, 1.54) is 19.9 Å². The van der Waals surface area contributed by atoms with E-state index >= 15 is 0 Å². The number of ether oxygens (including phenoxy) is 1. The third-order valence-corrected chi connectivity index (χ3v) is 5.05. The second-order valence-corrected chi connectivity index (χ2v) is 6.97. The molecule has 1 saturated heterocycles. The maximum absolute atomic E-state index is 14.3. The standard InChI is InChI=1S/C21H21F2NO4/c1-12(25)21-19(27)4-3-5-20(21)28-11-14-9-24(13(2)26)10-17(14)16-8-15(22)6-7-18(16)23/h3-8,14,17,27H,9-11H2,1-2H3/t14-,17+/m0/s1. The minimum absolute atomic E-state index is 0.0670. The number of carbonyl (C=O) groups excluding carboxylic acids is 2. The van der Waals surface area contributed by atoms with E-state index in [2.05, 4.69) is 0 Å². The van der Waals surface area contributed by atoms with Crippen LogP contribution in [0.3, 0.4) is 0 Å². The average molecular weight is 389 g/mol. The largest absolute Gasteiger partial charge is 0.507 e. The van der Waals surface area contributed by atoms with E-state index in [-0.39, 0.29) is 53.4 Å². The highest BCUT2D eigenvalue weighted by atomic mass is 19.1. The van der Waals surface area contributed by atoms with Crippen molar-refractivity contribution in [1.82, 2.24) is 4.90 Å². The van der Waals surface area contributed by atoms with Gasteiger partial charge >= 0.3 is 0 Å². The van der Waals surface area contributed by atoms with Crippen LogP contribution in [0.2, 0.25) is 0 Å². The molecule has 2 aromatic carbocycles. The van der Waals surface area contributed by atoms with Crippen LogP contribution in [0.5, 0.6) is 11.5 Å². The molecule has 0 aliphatic carbocycles. The van der Waals surface area contributed by atoms with Gasteiger partial charge in [0, 0.05) is 31.8 Å². The topological polar surface area (TPSA) is 66.8 Å². The summed E-state index contributed by atoms with van der Waals surface area (Å²) >= 11 is 0. The molecule has 7 heteroatoms. The van der Waals surface area contributed by atoms with Gasteiger partial charge in [-0.15, -0.1) is 0 Å². The van der Waals surface area contributed by atoms with Crippen molar-refractivity contribution in [2.45, 2.75) is 19.8 Å². The lowest BCUT2D eigenvalue weighted by atomic mass is 9.89. The molecule has 0 radical (unpaired) electrons. The molecule has 0 unspecified atom stereocenters. The lowest BCUT2D eigenvalue weighted by Gasteiger charge is -2.20. The monoisotopic (exact) mass is 389 g/mol. The Morgan fingerprint density at radius 3 is 2.61 bits per heavy atom. The van der Waals surface area contributed by atoms with E-state index in [4.69, 9.17) is 4.74 Å². The highest BCUT2D eigenvalue weighted by Crippen LogP contribution is 2.36. The number of halogens is 2. The highest BCUT2D eigenvalue weighted by molar-refractivity contribution is 5.99. The van der Waals surface area contributed by atoms with Crippen molar-refractivity contribution in [3.05, 3.63) is 59.2 Å². The van der Waals surface area contributed by atoms with Crippen LogP contribution in [0.4, 0.5) is 8.78 Å². The number of hydrogen-bond acceptors (Lipinski definition) is 4. The smallest absolute Gasteiger partial charge is 0.219 e. The van der Waals surface area contributed by atoms with Crippen LogP contribution in [-0.4, -0.2) is 41.4 Å². The van der Waals surface area contributed by atoms with Gasteiger partial charge in [-0.1, -0.05) is 6.07 Å². The molecule has 3 rings (SSSR count). The molecule has 0 saturated carbocycles. The Morgan fingerprint density at radius 1 is 1.18 bits per heavy atom. The molecule has 2 aromatic rings. The van der Waals surface area contributed by atoms with Crippen molar-refractivity contribution in [2.75, 3.05) is 19.7 Å². The van der Waals surface area contributed by atoms with Gasteiger partial charge in [-0.05, 0) is 42.8 Å². The maximum Gasteiger partial charge on any atom is 0.219 e. The molecule has 1 amide bonds. The number of amides is 1. The molecule has 5 nitrogen and oxygen atoms in total. The number of Topliss-reactive ketones (excluding diaryl/α,β-unsaturated/α-hetero) is 1. The zero-order valence-corrected chi connectivity index (χ0v) is 15.6. The zero-order valence-electron chi connectivity index (χ0n) is 15.6. The Balaban J connectivity index is 1.87. The lowest BCUT2D eigenvalue weighted by molar-refractivity contribution is -0.128. The zero-order chi connectivity index (χ0) is 20.4. The predicted molar refractivity (Wildman–Crippen MR) is 98.4 cm³/mol. The first-order valence-electron chi connectivity index (χ1n) is 8.94. The van der Waals surface area contributed by atoms with Crippen LogP contribution in [-0.2, 0) is 4.79 Å². The molecule has 1 aliphatic heterocycles. The molecule has 1 N–H and O–H groups in total. The number of ketones is 1. The molecule has 0 spiro atoms. The van der Waals surface area contributed by atoms with Crippen molar-refractivity contribution in [3.63, 3.8) is 0 Å². The first-order chi connectivity index (χ1) is 13.3. The van der Waals surface area contributed by atoms with Gasteiger partial charge in [0.2, 0.25) is 5.91 Å². The maximum atomic E-state index is 14.3. The number of hydrogen-bond donors (Lipinski definition) is 1. The molecule has 1 aliphatic rings. The quantitative estimate of drug-likeness (QED) is 0.795. The number of carbonyl (C=O) groups is 2. The number of aromatic hydroxyl groups is 1. The highest BCUT2D eigenvalue weighted by Gasteiger charge is 2.37. The van der Waals surface area contributed by atoms with Gasteiger partial charge in [0.1, 0.15) is 28.7 Å². The van der Waals surface area contributed by atoms with Crippen molar-refractivity contribution in [2.24, 2.45) is 5.92 Å². The van der Waals surface area contributed by atoms with Crippen molar-refractivity contribution in [3.8, 4) is 11.5 Å². The van der Waals surface area contributed by atoms with E-state index in [9.17, 15) is 23.5 Å². The summed E-state index contributed by atoms with van der Waals surface area (Å²) < 4.78 is 33.8. The first kappa shape index (κ1) is 19.8. The summed E-state index contributed by atoms with van der Waals surface area (Å²) in [5.41, 5.74) is 0.262. The van der Waals surface area contributed by atoms with E-state index in [1.54, 1.807) is 17.0 Å². The van der Waals surface area contributed by atoms with Gasteiger partial charge in [0.25, 0.3) is 0 Å². The second-order valence-electron chi connectivity index (χ2n) is 6.97. The van der Waals surface area contributed by atoms with Crippen molar-refractivity contribution >= 4 is 11.7 Å². The van der Waals surface area contributed by atoms with Crippen LogP contribution < -0.4 is 4.74 Å². The van der Waals surface area contributed by atoms with Crippen LogP contribution in [0.1, 0.15) is 35.7 Å². The molecule has 28 heavy (non-hydrogen) atoms. The Hall–Kier alpha value is -2.96. The number of rotatable bonds is 5. The molecular weight excluding hydrogens is 368 g/mol. The number of nitrogens with zero attached hydrogens (tertiary/aromatic N) is 1. The normalized spacial score (nSPS) is 18.9. The number of likely N-dealkylation sites (tertiary alicyclic amines) is 1. The number of phenols is 1. The molecule has 148 valence electrons. The Labute approximate surface area is 161 Å². The summed E-state index contributed by atoms with van der Waals surface area (Å²) in [5.74, 6) is -2.32. The predicted octanol–water partition coefficient (Wildman–Crippen LogP) is 3.51. The molecule has 1 fully saturated rings. The summed E-state index contributed by atoms with van der Waals surface area (Å²) in [6.07, 6.45) is 0. The minimum atomic E-state index is -0.552. The van der Waals surface area contributed by atoms with Gasteiger partial charge in [-0.25, -0.2) is 8.78 Å². The fraction of sp³-hybridized carbons (Fsp3) is 0.333. The van der Waals surface area contributed by atoms with Crippen LogP contribution in [0.25, 0.3) is 0 Å². The van der Waals surface area contributed by atoms with Gasteiger partial charge in [0.05, 0.1) is 6.61 Å². The fourth-order valence-corrected chi connectivity index (χ4v) is 3.64. The second kappa shape index (κ2) is 7.96. The Bertz CT molecular complexity index is 915. The third-order valence-electron chi connectivity index (χ3n) is 5.05. The van der Waals surface area contributed by atoms with Gasteiger partial charge in [-0.2, -0.15) is 0 Å². The Kier molecular flexibility index (Phi) is 5.63. The van der Waals surface area contributed by atoms with E-state index in [0.717, 1.165) is 18.2 Å². The lowest BCUT2D eigenvalue weighted by Crippen LogP contribution is -2.27. The summed E-state index contributed by atoms with van der Waals surface area (Å²) in [6, 6.07) is 7.77. The summed E-state index contributed by atoms with van der Waals surface area (Å²) in [6.45, 7) is 3.40. The summed E-state index contributed by atoms with van der Waals surface area (Å²) in [5, 5.41) is 9.92. The van der Waals surface area contributed by atoms with Crippen molar-refractivity contribution in [1.29, 1.82) is 0 Å². The molecular formula is C21H21F2NO4. The van der Waals surface area contributed by atoms with Gasteiger partial charge in [0.15, 0.2) is 5.78 Å². The SMILES string of the molecule is CC(=O)c1c(O)cccc1OC[C@@H]1CN(C(C)=O)C[C@H]1c1cc(F)ccc1F. The van der Waals surface area contributed by atoms with E-state index in [1.807, 2.05) is 0 Å². The van der Waals surface area contributed by atoms with Crippen molar-refractivity contribution < 1.29 is 28.2 Å². The van der Waals surface area contributed by atoms with Gasteiger partial charge in [-0.3, -0.25) is 9.59 Å². The molecule has 0 bridgehead atoms.